The molecule has 2 rings (SSSR count). The Morgan fingerprint density at radius 3 is 2.75 bits per heavy atom. The molecule has 0 aliphatic rings. The Morgan fingerprint density at radius 2 is 2.15 bits per heavy atom. The van der Waals surface area contributed by atoms with Crippen molar-refractivity contribution in [2.45, 2.75) is 23.2 Å². The summed E-state index contributed by atoms with van der Waals surface area (Å²) in [6.45, 7) is 3.00. The number of nitrogens with zero attached hydrogens (tertiary/aromatic N) is 1. The van der Waals surface area contributed by atoms with Gasteiger partial charge in [0.05, 0.1) is 12.1 Å². The van der Waals surface area contributed by atoms with E-state index in [0.29, 0.717) is 0 Å². The molecule has 108 valence electrons. The van der Waals surface area contributed by atoms with Gasteiger partial charge in [0.15, 0.2) is 0 Å². The molecule has 3 nitrogen and oxygen atoms in total. The van der Waals surface area contributed by atoms with Crippen LogP contribution in [0.3, 0.4) is 0 Å². The zero-order valence-corrected chi connectivity index (χ0v) is 13.2. The summed E-state index contributed by atoms with van der Waals surface area (Å²) in [4.78, 5) is 4.28. The second-order valence-electron chi connectivity index (χ2n) is 4.53. The third-order valence-corrected chi connectivity index (χ3v) is 5.24. The van der Waals surface area contributed by atoms with Gasteiger partial charge in [-0.1, -0.05) is 49.0 Å². The predicted molar refractivity (Wildman–Crippen MR) is 86.3 cm³/mol. The summed E-state index contributed by atoms with van der Waals surface area (Å²) in [6.07, 6.45) is 2.69. The van der Waals surface area contributed by atoms with Crippen molar-refractivity contribution in [1.82, 2.24) is 10.3 Å². The molecular weight excluding hydrogens is 288 g/mol. The topological polar surface area (TPSA) is 45.1 Å². The van der Waals surface area contributed by atoms with E-state index in [2.05, 4.69) is 29.4 Å². The van der Waals surface area contributed by atoms with E-state index in [1.807, 2.05) is 29.8 Å². The van der Waals surface area contributed by atoms with Gasteiger partial charge in [-0.25, -0.2) is 4.98 Å². The minimum absolute atomic E-state index is 0.100. The number of aromatic nitrogens is 1. The number of thioether (sulfide) groups is 1. The lowest BCUT2D eigenvalue weighted by Crippen LogP contribution is -2.46. The average Bonchev–Trinajstić information content (AvgIpc) is 3.00. The van der Waals surface area contributed by atoms with E-state index in [9.17, 15) is 5.11 Å². The maximum Gasteiger partial charge on any atom is 0.149 e. The van der Waals surface area contributed by atoms with Crippen LogP contribution in [-0.4, -0.2) is 29.0 Å². The van der Waals surface area contributed by atoms with Crippen LogP contribution in [0.5, 0.6) is 0 Å². The zero-order valence-electron chi connectivity index (χ0n) is 11.6. The van der Waals surface area contributed by atoms with Crippen LogP contribution in [0.4, 0.5) is 0 Å². The first-order valence-corrected chi connectivity index (χ1v) is 8.61. The van der Waals surface area contributed by atoms with E-state index in [0.717, 1.165) is 28.6 Å². The summed E-state index contributed by atoms with van der Waals surface area (Å²) in [6, 6.07) is 10.2. The number of benzene rings is 1. The van der Waals surface area contributed by atoms with E-state index >= 15 is 0 Å². The van der Waals surface area contributed by atoms with E-state index in [1.165, 1.54) is 0 Å². The number of thiazole rings is 1. The molecule has 2 N–H and O–H groups in total. The normalized spacial score (nSPS) is 14.1. The summed E-state index contributed by atoms with van der Waals surface area (Å²) in [5, 5.41) is 15.4. The summed E-state index contributed by atoms with van der Waals surface area (Å²) in [5.41, 5.74) is 0.782. The van der Waals surface area contributed by atoms with E-state index in [1.54, 1.807) is 23.1 Å². The van der Waals surface area contributed by atoms with Crippen LogP contribution in [0, 0.1) is 0 Å². The molecule has 0 bridgehead atoms. The minimum Gasteiger partial charge on any atom is -0.394 e. The molecule has 0 saturated heterocycles. The van der Waals surface area contributed by atoms with Gasteiger partial charge in [-0.15, -0.1) is 11.3 Å². The molecule has 1 aromatic carbocycles. The Bertz CT molecular complexity index is 490. The fourth-order valence-electron chi connectivity index (χ4n) is 2.25. The maximum absolute atomic E-state index is 9.93. The Kier molecular flexibility index (Phi) is 6.04. The van der Waals surface area contributed by atoms with Crippen LogP contribution < -0.4 is 5.32 Å². The number of aliphatic hydroxyl groups is 1. The highest BCUT2D eigenvalue weighted by molar-refractivity contribution is 8.00. The molecule has 0 spiro atoms. The van der Waals surface area contributed by atoms with Crippen molar-refractivity contribution in [2.24, 2.45) is 0 Å². The van der Waals surface area contributed by atoms with Gasteiger partial charge in [0.1, 0.15) is 4.34 Å². The third kappa shape index (κ3) is 3.82. The molecule has 0 saturated carbocycles. The summed E-state index contributed by atoms with van der Waals surface area (Å²) in [7, 11) is 0. The number of hydrogen-bond acceptors (Lipinski definition) is 5. The van der Waals surface area contributed by atoms with Crippen molar-refractivity contribution in [2.75, 3.05) is 18.9 Å². The molecule has 1 aromatic heterocycles. The average molecular weight is 308 g/mol. The number of rotatable bonds is 8. The first kappa shape index (κ1) is 15.5. The Morgan fingerprint density at radius 1 is 1.35 bits per heavy atom. The van der Waals surface area contributed by atoms with Crippen molar-refractivity contribution < 1.29 is 5.11 Å². The zero-order chi connectivity index (χ0) is 14.3. The molecule has 1 heterocycles. The van der Waals surface area contributed by atoms with Gasteiger partial charge in [-0.2, -0.15) is 0 Å². The van der Waals surface area contributed by atoms with E-state index in [-0.39, 0.29) is 12.1 Å². The van der Waals surface area contributed by atoms with Crippen molar-refractivity contribution in [3.63, 3.8) is 0 Å². The van der Waals surface area contributed by atoms with Crippen LogP contribution in [0.1, 0.15) is 18.9 Å². The van der Waals surface area contributed by atoms with Crippen LogP contribution in [0.15, 0.2) is 46.2 Å². The smallest absolute Gasteiger partial charge is 0.149 e. The number of aliphatic hydroxyl groups excluding tert-OH is 1. The van der Waals surface area contributed by atoms with Crippen molar-refractivity contribution in [3.8, 4) is 0 Å². The minimum atomic E-state index is -0.361. The molecule has 5 heteroatoms. The molecular formula is C15H20N2OS2. The molecule has 0 radical (unpaired) electrons. The monoisotopic (exact) mass is 308 g/mol. The third-order valence-electron chi connectivity index (χ3n) is 3.28. The fourth-order valence-corrected chi connectivity index (χ4v) is 4.06. The molecule has 1 unspecified atom stereocenters. The van der Waals surface area contributed by atoms with Crippen LogP contribution >= 0.6 is 23.1 Å². The van der Waals surface area contributed by atoms with Crippen LogP contribution in [0.2, 0.25) is 0 Å². The predicted octanol–water partition coefficient (Wildman–Crippen LogP) is 3.12. The first-order valence-electron chi connectivity index (χ1n) is 6.74. The lowest BCUT2D eigenvalue weighted by molar-refractivity contribution is 0.158. The summed E-state index contributed by atoms with van der Waals surface area (Å²) < 4.78 is 1.08. The van der Waals surface area contributed by atoms with Crippen molar-refractivity contribution in [1.29, 1.82) is 0 Å². The van der Waals surface area contributed by atoms with Crippen LogP contribution in [-0.2, 0) is 5.54 Å². The van der Waals surface area contributed by atoms with E-state index in [4.69, 9.17) is 0 Å². The van der Waals surface area contributed by atoms with Crippen molar-refractivity contribution >= 4 is 23.1 Å². The van der Waals surface area contributed by atoms with Gasteiger partial charge < -0.3 is 10.4 Å². The fraction of sp³-hybridized carbons (Fsp3) is 0.400. The van der Waals surface area contributed by atoms with Crippen LogP contribution in [0.25, 0.3) is 0 Å². The molecule has 0 amide bonds. The van der Waals surface area contributed by atoms with Gasteiger partial charge >= 0.3 is 0 Å². The maximum atomic E-state index is 9.93. The number of hydrogen-bond donors (Lipinski definition) is 2. The largest absolute Gasteiger partial charge is 0.394 e. The standard InChI is InChI=1S/C15H20N2OS2/c1-2-17-15(12-18,13-6-4-3-5-7-13)8-10-19-14-16-9-11-20-14/h3-7,9,11,17-18H,2,8,10,12H2,1H3. The summed E-state index contributed by atoms with van der Waals surface area (Å²) in [5.74, 6) is 0.927. The molecule has 0 aliphatic carbocycles. The Hall–Kier alpha value is -0.880. The lowest BCUT2D eigenvalue weighted by Gasteiger charge is -2.33. The molecule has 1 atom stereocenters. The highest BCUT2D eigenvalue weighted by Crippen LogP contribution is 2.29. The van der Waals surface area contributed by atoms with E-state index < -0.39 is 0 Å². The Labute approximate surface area is 128 Å². The molecule has 20 heavy (non-hydrogen) atoms. The van der Waals surface area contributed by atoms with Gasteiger partial charge in [0.25, 0.3) is 0 Å². The quantitative estimate of drug-likeness (QED) is 0.736. The molecule has 0 aliphatic heterocycles. The molecule has 2 aromatic rings. The highest BCUT2D eigenvalue weighted by Gasteiger charge is 2.30. The number of likely N-dealkylation sites (N-methyl/N-ethyl adjacent to an activating group) is 1. The number of nitrogens with one attached hydrogen (secondary N) is 1. The van der Waals surface area contributed by atoms with Gasteiger partial charge in [0, 0.05) is 17.3 Å². The van der Waals surface area contributed by atoms with Crippen molar-refractivity contribution in [3.05, 3.63) is 47.5 Å². The van der Waals surface area contributed by atoms with Gasteiger partial charge in [0.2, 0.25) is 0 Å². The Balaban J connectivity index is 2.06. The first-order chi connectivity index (χ1) is 9.80. The van der Waals surface area contributed by atoms with Gasteiger partial charge in [-0.3, -0.25) is 0 Å². The lowest BCUT2D eigenvalue weighted by atomic mass is 9.88. The highest BCUT2D eigenvalue weighted by atomic mass is 32.2. The SMILES string of the molecule is CCNC(CO)(CCSc1nccs1)c1ccccc1. The van der Waals surface area contributed by atoms with Gasteiger partial charge in [-0.05, 0) is 18.5 Å². The second-order valence-corrected chi connectivity index (χ2v) is 6.77. The molecule has 0 fully saturated rings. The summed E-state index contributed by atoms with van der Waals surface area (Å²) >= 11 is 3.41. The second kappa shape index (κ2) is 7.78.